The van der Waals surface area contributed by atoms with E-state index in [9.17, 15) is 14.0 Å². The van der Waals surface area contributed by atoms with Gasteiger partial charge in [0.15, 0.2) is 0 Å². The first-order chi connectivity index (χ1) is 8.56. The number of nitrogens with one attached hydrogen (secondary N) is 1. The summed E-state index contributed by atoms with van der Waals surface area (Å²) >= 11 is 0. The lowest BCUT2D eigenvalue weighted by atomic mass is 10.1. The van der Waals surface area contributed by atoms with Crippen LogP contribution in [-0.4, -0.2) is 37.2 Å². The van der Waals surface area contributed by atoms with E-state index >= 15 is 0 Å². The van der Waals surface area contributed by atoms with Crippen molar-refractivity contribution in [3.8, 4) is 0 Å². The summed E-state index contributed by atoms with van der Waals surface area (Å²) in [5.41, 5.74) is -0.360. The molecule has 98 valence electrons. The molecule has 0 aliphatic rings. The van der Waals surface area contributed by atoms with Crippen LogP contribution in [0.3, 0.4) is 0 Å². The number of benzene rings is 1. The minimum Gasteiger partial charge on any atom is -0.478 e. The topological polar surface area (TPSA) is 75.6 Å². The summed E-state index contributed by atoms with van der Waals surface area (Å²) in [5.74, 6) is -2.65. The molecule has 1 aromatic rings. The van der Waals surface area contributed by atoms with E-state index in [-0.39, 0.29) is 11.1 Å². The van der Waals surface area contributed by atoms with Crippen molar-refractivity contribution >= 4 is 11.9 Å². The van der Waals surface area contributed by atoms with Gasteiger partial charge in [-0.25, -0.2) is 9.18 Å². The molecule has 0 aromatic heterocycles. The van der Waals surface area contributed by atoms with Crippen LogP contribution in [0.5, 0.6) is 0 Å². The number of hydrogen-bond acceptors (Lipinski definition) is 3. The summed E-state index contributed by atoms with van der Waals surface area (Å²) < 4.78 is 18.3. The number of carbonyl (C=O) groups is 2. The molecular weight excluding hydrogens is 241 g/mol. The number of carboxylic acids is 1. The fourth-order valence-corrected chi connectivity index (χ4v) is 1.35. The molecule has 0 spiro atoms. The maximum atomic E-state index is 13.5. The number of ether oxygens (including phenoxy) is 1. The fourth-order valence-electron chi connectivity index (χ4n) is 1.35. The second-order valence-corrected chi connectivity index (χ2v) is 3.60. The number of hydrogen-bond donors (Lipinski definition) is 2. The molecule has 1 amide bonds. The van der Waals surface area contributed by atoms with Gasteiger partial charge in [0, 0.05) is 20.3 Å². The first kappa shape index (κ1) is 14.1. The lowest BCUT2D eigenvalue weighted by Gasteiger charge is -2.06. The Morgan fingerprint density at radius 3 is 2.72 bits per heavy atom. The summed E-state index contributed by atoms with van der Waals surface area (Å²) in [6, 6.07) is 3.17. The van der Waals surface area contributed by atoms with Crippen molar-refractivity contribution in [1.82, 2.24) is 5.32 Å². The van der Waals surface area contributed by atoms with Crippen LogP contribution < -0.4 is 5.32 Å². The number of rotatable bonds is 6. The molecule has 1 rings (SSSR count). The number of amides is 1. The minimum atomic E-state index is -1.24. The van der Waals surface area contributed by atoms with Gasteiger partial charge in [-0.3, -0.25) is 4.79 Å². The molecule has 0 aliphatic carbocycles. The predicted molar refractivity (Wildman–Crippen MR) is 62.2 cm³/mol. The summed E-state index contributed by atoms with van der Waals surface area (Å²) in [6.45, 7) is 0.869. The second kappa shape index (κ2) is 6.70. The average Bonchev–Trinajstić information content (AvgIpc) is 2.34. The molecule has 0 radical (unpaired) electrons. The Kier molecular flexibility index (Phi) is 5.26. The second-order valence-electron chi connectivity index (χ2n) is 3.60. The Balaban J connectivity index is 2.66. The highest BCUT2D eigenvalue weighted by Crippen LogP contribution is 2.10. The predicted octanol–water partition coefficient (Wildman–Crippen LogP) is 1.29. The van der Waals surface area contributed by atoms with E-state index in [0.29, 0.717) is 19.6 Å². The van der Waals surface area contributed by atoms with Crippen molar-refractivity contribution in [2.75, 3.05) is 20.3 Å². The Morgan fingerprint density at radius 2 is 2.17 bits per heavy atom. The minimum absolute atomic E-state index is 0.169. The molecule has 5 nitrogen and oxygen atoms in total. The first-order valence-corrected chi connectivity index (χ1v) is 5.36. The zero-order chi connectivity index (χ0) is 13.5. The van der Waals surface area contributed by atoms with Crippen LogP contribution in [0, 0.1) is 5.82 Å². The van der Waals surface area contributed by atoms with Crippen LogP contribution in [-0.2, 0) is 4.74 Å². The summed E-state index contributed by atoms with van der Waals surface area (Å²) in [5, 5.41) is 11.2. The molecule has 6 heteroatoms. The van der Waals surface area contributed by atoms with Crippen molar-refractivity contribution < 1.29 is 23.8 Å². The van der Waals surface area contributed by atoms with Gasteiger partial charge >= 0.3 is 5.97 Å². The zero-order valence-electron chi connectivity index (χ0n) is 9.90. The van der Waals surface area contributed by atoms with Crippen molar-refractivity contribution in [3.63, 3.8) is 0 Å². The van der Waals surface area contributed by atoms with Crippen molar-refractivity contribution in [3.05, 3.63) is 35.1 Å². The molecule has 18 heavy (non-hydrogen) atoms. The Hall–Kier alpha value is -1.95. The molecule has 0 atom stereocenters. The highest BCUT2D eigenvalue weighted by molar-refractivity contribution is 5.96. The Morgan fingerprint density at radius 1 is 1.44 bits per heavy atom. The van der Waals surface area contributed by atoms with E-state index < -0.39 is 17.7 Å². The molecule has 0 aliphatic heterocycles. The zero-order valence-corrected chi connectivity index (χ0v) is 9.90. The number of carbonyl (C=O) groups excluding carboxylic acids is 1. The maximum Gasteiger partial charge on any atom is 0.335 e. The van der Waals surface area contributed by atoms with E-state index in [0.717, 1.165) is 12.1 Å². The number of carboxylic acid groups (broad SMARTS) is 1. The number of methoxy groups -OCH3 is 1. The summed E-state index contributed by atoms with van der Waals surface area (Å²) in [7, 11) is 1.55. The SMILES string of the molecule is COCCCNC(=O)c1ccc(C(=O)O)cc1F. The highest BCUT2D eigenvalue weighted by Gasteiger charge is 2.13. The van der Waals surface area contributed by atoms with Gasteiger partial charge in [0.25, 0.3) is 5.91 Å². The first-order valence-electron chi connectivity index (χ1n) is 5.36. The third-order valence-electron chi connectivity index (χ3n) is 2.27. The molecular formula is C12H14FNO4. The van der Waals surface area contributed by atoms with Gasteiger partial charge < -0.3 is 15.2 Å². The standard InChI is InChI=1S/C12H14FNO4/c1-18-6-2-5-14-11(15)9-4-3-8(12(16)17)7-10(9)13/h3-4,7H,2,5-6H2,1H3,(H,14,15)(H,16,17). The molecule has 2 N–H and O–H groups in total. The van der Waals surface area contributed by atoms with Gasteiger partial charge in [-0.15, -0.1) is 0 Å². The monoisotopic (exact) mass is 255 g/mol. The smallest absolute Gasteiger partial charge is 0.335 e. The molecule has 0 fully saturated rings. The lowest BCUT2D eigenvalue weighted by Crippen LogP contribution is -2.26. The van der Waals surface area contributed by atoms with E-state index in [1.807, 2.05) is 0 Å². The fraction of sp³-hybridized carbons (Fsp3) is 0.333. The molecule has 0 saturated heterocycles. The third kappa shape index (κ3) is 3.81. The van der Waals surface area contributed by atoms with Crippen LogP contribution in [0.1, 0.15) is 27.1 Å². The van der Waals surface area contributed by atoms with E-state index in [1.54, 1.807) is 7.11 Å². The Labute approximate surface area is 104 Å². The quantitative estimate of drug-likeness (QED) is 0.751. The van der Waals surface area contributed by atoms with Gasteiger partial charge in [0.1, 0.15) is 5.82 Å². The molecule has 0 heterocycles. The average molecular weight is 255 g/mol. The summed E-state index contributed by atoms with van der Waals surface area (Å²) in [4.78, 5) is 22.2. The lowest BCUT2D eigenvalue weighted by molar-refractivity contribution is 0.0695. The highest BCUT2D eigenvalue weighted by atomic mass is 19.1. The number of halogens is 1. The van der Waals surface area contributed by atoms with Gasteiger partial charge in [0.05, 0.1) is 11.1 Å². The van der Waals surface area contributed by atoms with E-state index in [2.05, 4.69) is 5.32 Å². The molecule has 0 unspecified atom stereocenters. The Bertz CT molecular complexity index is 448. The largest absolute Gasteiger partial charge is 0.478 e. The van der Waals surface area contributed by atoms with Gasteiger partial charge in [0.2, 0.25) is 0 Å². The van der Waals surface area contributed by atoms with Crippen molar-refractivity contribution in [2.24, 2.45) is 0 Å². The third-order valence-corrected chi connectivity index (χ3v) is 2.27. The van der Waals surface area contributed by atoms with Crippen LogP contribution in [0.4, 0.5) is 4.39 Å². The van der Waals surface area contributed by atoms with Gasteiger partial charge in [-0.1, -0.05) is 0 Å². The molecule has 1 aromatic carbocycles. The number of aromatic carboxylic acids is 1. The van der Waals surface area contributed by atoms with Crippen molar-refractivity contribution in [2.45, 2.75) is 6.42 Å². The summed E-state index contributed by atoms with van der Waals surface area (Å²) in [6.07, 6.45) is 0.622. The van der Waals surface area contributed by atoms with Crippen LogP contribution in [0.15, 0.2) is 18.2 Å². The molecule has 0 saturated carbocycles. The van der Waals surface area contributed by atoms with Crippen molar-refractivity contribution in [1.29, 1.82) is 0 Å². The normalized spacial score (nSPS) is 10.1. The van der Waals surface area contributed by atoms with Crippen LogP contribution >= 0.6 is 0 Å². The maximum absolute atomic E-state index is 13.5. The van der Waals surface area contributed by atoms with E-state index in [4.69, 9.17) is 9.84 Å². The van der Waals surface area contributed by atoms with Gasteiger partial charge in [-0.05, 0) is 24.6 Å². The van der Waals surface area contributed by atoms with Crippen LogP contribution in [0.2, 0.25) is 0 Å². The van der Waals surface area contributed by atoms with Crippen LogP contribution in [0.25, 0.3) is 0 Å². The van der Waals surface area contributed by atoms with Gasteiger partial charge in [-0.2, -0.15) is 0 Å². The molecule has 0 bridgehead atoms. The van der Waals surface area contributed by atoms with E-state index in [1.165, 1.54) is 6.07 Å².